The molecule has 1 amide bonds. The minimum atomic E-state index is -0.797. The van der Waals surface area contributed by atoms with E-state index in [1.807, 2.05) is 16.8 Å². The molecule has 1 N–H and O–H groups in total. The Kier molecular flexibility index (Phi) is 7.44. The fourth-order valence-electron chi connectivity index (χ4n) is 3.53. The van der Waals surface area contributed by atoms with Gasteiger partial charge in [-0.15, -0.1) is 11.3 Å². The van der Waals surface area contributed by atoms with Gasteiger partial charge in [-0.1, -0.05) is 20.3 Å². The van der Waals surface area contributed by atoms with E-state index < -0.39 is 5.97 Å². The second-order valence-corrected chi connectivity index (χ2v) is 7.99. The zero-order chi connectivity index (χ0) is 18.4. The van der Waals surface area contributed by atoms with E-state index in [0.29, 0.717) is 6.54 Å². The molecule has 1 saturated heterocycles. The van der Waals surface area contributed by atoms with Crippen LogP contribution in [0.25, 0.3) is 0 Å². The molecule has 1 aliphatic heterocycles. The smallest absolute Gasteiger partial charge is 0.317 e. The van der Waals surface area contributed by atoms with Gasteiger partial charge in [0.2, 0.25) is 0 Å². The van der Waals surface area contributed by atoms with Gasteiger partial charge in [0.1, 0.15) is 0 Å². The van der Waals surface area contributed by atoms with Gasteiger partial charge in [0.05, 0.1) is 11.4 Å². The van der Waals surface area contributed by atoms with E-state index in [9.17, 15) is 9.59 Å². The Labute approximate surface area is 154 Å². The molecule has 1 aromatic rings. The number of carbonyl (C=O) groups excluding carboxylic acids is 1. The van der Waals surface area contributed by atoms with Gasteiger partial charge < -0.3 is 10.0 Å². The van der Waals surface area contributed by atoms with Crippen molar-refractivity contribution in [3.8, 4) is 0 Å². The maximum Gasteiger partial charge on any atom is 0.317 e. The topological polar surface area (TPSA) is 60.9 Å². The van der Waals surface area contributed by atoms with Crippen molar-refractivity contribution in [3.63, 3.8) is 0 Å². The van der Waals surface area contributed by atoms with Crippen molar-refractivity contribution >= 4 is 23.2 Å². The third kappa shape index (κ3) is 5.28. The van der Waals surface area contributed by atoms with Gasteiger partial charge in [-0.2, -0.15) is 0 Å². The summed E-state index contributed by atoms with van der Waals surface area (Å²) in [6, 6.07) is 2.32. The molecular formula is C19H30N2O3S. The molecule has 140 valence electrons. The van der Waals surface area contributed by atoms with Crippen molar-refractivity contribution in [3.05, 3.63) is 21.4 Å². The molecule has 5 nitrogen and oxygen atoms in total. The first-order valence-electron chi connectivity index (χ1n) is 9.29. The summed E-state index contributed by atoms with van der Waals surface area (Å²) in [5.41, 5.74) is 1.31. The minimum absolute atomic E-state index is 0.0593. The van der Waals surface area contributed by atoms with Crippen molar-refractivity contribution in [2.75, 3.05) is 26.7 Å². The number of carboxylic acids is 1. The lowest BCUT2D eigenvalue weighted by atomic mass is 10.1. The van der Waals surface area contributed by atoms with Crippen LogP contribution in [0.1, 0.15) is 59.6 Å². The molecule has 0 aliphatic carbocycles. The van der Waals surface area contributed by atoms with Crippen LogP contribution in [0, 0.1) is 0 Å². The number of rotatable bonds is 7. The largest absolute Gasteiger partial charge is 0.480 e. The van der Waals surface area contributed by atoms with Crippen LogP contribution in [-0.4, -0.2) is 59.5 Å². The van der Waals surface area contributed by atoms with Crippen LogP contribution in [-0.2, 0) is 17.6 Å². The second kappa shape index (κ2) is 9.34. The summed E-state index contributed by atoms with van der Waals surface area (Å²) in [4.78, 5) is 29.9. The Balaban J connectivity index is 2.02. The average Bonchev–Trinajstić information content (AvgIpc) is 2.81. The molecule has 1 atom stereocenters. The maximum atomic E-state index is 12.9. The molecule has 25 heavy (non-hydrogen) atoms. The van der Waals surface area contributed by atoms with Gasteiger partial charge in [0.15, 0.2) is 0 Å². The first-order valence-corrected chi connectivity index (χ1v) is 10.1. The highest BCUT2D eigenvalue weighted by molar-refractivity contribution is 7.14. The normalized spacial score (nSPS) is 18.4. The van der Waals surface area contributed by atoms with E-state index in [4.69, 9.17) is 5.11 Å². The van der Waals surface area contributed by atoms with Crippen molar-refractivity contribution in [2.45, 2.75) is 58.4 Å². The summed E-state index contributed by atoms with van der Waals surface area (Å²) >= 11 is 1.65. The summed E-state index contributed by atoms with van der Waals surface area (Å²) in [7, 11) is 1.86. The van der Waals surface area contributed by atoms with Crippen LogP contribution >= 0.6 is 11.3 Å². The van der Waals surface area contributed by atoms with Crippen LogP contribution in [0.15, 0.2) is 6.07 Å². The number of carbonyl (C=O) groups is 2. The number of aryl methyl sites for hydroxylation is 2. The molecule has 2 heterocycles. The standard InChI is InChI=1S/C19H30N2O3S/c1-4-7-16-14(5-2)12-17(25-16)19(24)21-10-6-8-15(9-11-21)20(3)13-18(22)23/h12,15H,4-11,13H2,1-3H3,(H,22,23)/t15-/m0/s1. The Morgan fingerprint density at radius 2 is 2.08 bits per heavy atom. The molecule has 1 aromatic heterocycles. The number of likely N-dealkylation sites (tertiary alicyclic amines) is 1. The van der Waals surface area contributed by atoms with Gasteiger partial charge in [0.25, 0.3) is 5.91 Å². The Morgan fingerprint density at radius 3 is 2.72 bits per heavy atom. The second-order valence-electron chi connectivity index (χ2n) is 6.85. The zero-order valence-corrected chi connectivity index (χ0v) is 16.4. The third-order valence-corrected chi connectivity index (χ3v) is 6.18. The van der Waals surface area contributed by atoms with E-state index in [-0.39, 0.29) is 18.5 Å². The van der Waals surface area contributed by atoms with Gasteiger partial charge in [-0.05, 0) is 50.8 Å². The molecule has 0 saturated carbocycles. The van der Waals surface area contributed by atoms with Gasteiger partial charge in [-0.25, -0.2) is 0 Å². The van der Waals surface area contributed by atoms with Crippen LogP contribution in [0.3, 0.4) is 0 Å². The Bertz CT molecular complexity index is 599. The highest BCUT2D eigenvalue weighted by atomic mass is 32.1. The first-order chi connectivity index (χ1) is 12.0. The van der Waals surface area contributed by atoms with Crippen LogP contribution < -0.4 is 0 Å². The van der Waals surface area contributed by atoms with Crippen molar-refractivity contribution < 1.29 is 14.7 Å². The van der Waals surface area contributed by atoms with Crippen molar-refractivity contribution in [2.24, 2.45) is 0 Å². The maximum absolute atomic E-state index is 12.9. The summed E-state index contributed by atoms with van der Waals surface area (Å²) in [6.45, 7) is 5.84. The highest BCUT2D eigenvalue weighted by Crippen LogP contribution is 2.27. The summed E-state index contributed by atoms with van der Waals surface area (Å²) in [6.07, 6.45) is 5.82. The van der Waals surface area contributed by atoms with E-state index >= 15 is 0 Å². The van der Waals surface area contributed by atoms with Gasteiger partial charge in [-0.3, -0.25) is 14.5 Å². The first kappa shape index (κ1) is 19.9. The van der Waals surface area contributed by atoms with Crippen molar-refractivity contribution in [1.29, 1.82) is 0 Å². The van der Waals surface area contributed by atoms with Gasteiger partial charge in [0, 0.05) is 24.0 Å². The van der Waals surface area contributed by atoms with Gasteiger partial charge >= 0.3 is 5.97 Å². The molecule has 1 aliphatic rings. The number of thiophene rings is 1. The van der Waals surface area contributed by atoms with E-state index in [2.05, 4.69) is 19.9 Å². The molecule has 0 aromatic carbocycles. The number of hydrogen-bond acceptors (Lipinski definition) is 4. The van der Waals surface area contributed by atoms with E-state index in [1.54, 1.807) is 11.3 Å². The Hall–Kier alpha value is -1.40. The summed E-state index contributed by atoms with van der Waals surface area (Å²) in [5.74, 6) is -0.655. The average molecular weight is 367 g/mol. The number of aliphatic carboxylic acids is 1. The molecule has 1 fully saturated rings. The molecule has 0 bridgehead atoms. The summed E-state index contributed by atoms with van der Waals surface area (Å²) in [5, 5.41) is 8.96. The molecule has 6 heteroatoms. The number of hydrogen-bond donors (Lipinski definition) is 1. The molecule has 2 rings (SSSR count). The van der Waals surface area contributed by atoms with Crippen LogP contribution in [0.2, 0.25) is 0 Å². The zero-order valence-electron chi connectivity index (χ0n) is 15.6. The predicted octanol–water partition coefficient (Wildman–Crippen LogP) is 3.27. The fourth-order valence-corrected chi connectivity index (χ4v) is 4.85. The quantitative estimate of drug-likeness (QED) is 0.804. The number of carboxylic acid groups (broad SMARTS) is 1. The lowest BCUT2D eigenvalue weighted by Crippen LogP contribution is -2.37. The monoisotopic (exact) mass is 366 g/mol. The van der Waals surface area contributed by atoms with Crippen molar-refractivity contribution in [1.82, 2.24) is 9.80 Å². The lowest BCUT2D eigenvalue weighted by molar-refractivity contribution is -0.138. The van der Waals surface area contributed by atoms with E-state index in [0.717, 1.165) is 49.9 Å². The highest BCUT2D eigenvalue weighted by Gasteiger charge is 2.25. The molecular weight excluding hydrogens is 336 g/mol. The van der Waals surface area contributed by atoms with Crippen LogP contribution in [0.5, 0.6) is 0 Å². The number of amides is 1. The predicted molar refractivity (Wildman–Crippen MR) is 102 cm³/mol. The SMILES string of the molecule is CCCc1sc(C(=O)N2CCC[C@H](N(C)CC(=O)O)CC2)cc1CC. The minimum Gasteiger partial charge on any atom is -0.480 e. The summed E-state index contributed by atoms with van der Waals surface area (Å²) < 4.78 is 0. The molecule has 0 spiro atoms. The number of likely N-dealkylation sites (N-methyl/N-ethyl adjacent to an activating group) is 1. The molecule has 0 unspecified atom stereocenters. The Morgan fingerprint density at radius 1 is 1.32 bits per heavy atom. The molecule has 0 radical (unpaired) electrons. The number of nitrogens with zero attached hydrogens (tertiary/aromatic N) is 2. The van der Waals surface area contributed by atoms with E-state index in [1.165, 1.54) is 10.4 Å². The lowest BCUT2D eigenvalue weighted by Gasteiger charge is -2.25. The fraction of sp³-hybridized carbons (Fsp3) is 0.684. The third-order valence-electron chi connectivity index (χ3n) is 4.96. The van der Waals surface area contributed by atoms with Crippen LogP contribution in [0.4, 0.5) is 0 Å².